The van der Waals surface area contributed by atoms with Gasteiger partial charge in [0.05, 0.1) is 11.4 Å². The van der Waals surface area contributed by atoms with E-state index in [0.29, 0.717) is 18.0 Å². The summed E-state index contributed by atoms with van der Waals surface area (Å²) in [7, 11) is -1.32. The Morgan fingerprint density at radius 1 is 1.38 bits per heavy atom. The number of carbonyl (C=O) groups is 1. The zero-order valence-corrected chi connectivity index (χ0v) is 12.9. The van der Waals surface area contributed by atoms with Crippen LogP contribution in [0.3, 0.4) is 0 Å². The van der Waals surface area contributed by atoms with Gasteiger partial charge in [0, 0.05) is 23.4 Å². The summed E-state index contributed by atoms with van der Waals surface area (Å²) in [4.78, 5) is 12.0. The number of hydrogen-bond acceptors (Lipinski definition) is 4. The Labute approximate surface area is 126 Å². The fourth-order valence-electron chi connectivity index (χ4n) is 1.80. The summed E-state index contributed by atoms with van der Waals surface area (Å²) < 4.78 is 17.1. The van der Waals surface area contributed by atoms with Crippen molar-refractivity contribution in [2.24, 2.45) is 0 Å². The second-order valence-electron chi connectivity index (χ2n) is 4.80. The van der Waals surface area contributed by atoms with Crippen LogP contribution in [0, 0.1) is 6.92 Å². The van der Waals surface area contributed by atoms with Crippen molar-refractivity contribution in [1.82, 2.24) is 10.5 Å². The lowest BCUT2D eigenvalue weighted by atomic mass is 10.2. The zero-order chi connectivity index (χ0) is 15.2. The summed E-state index contributed by atoms with van der Waals surface area (Å²) in [5, 5.41) is 5.99. The van der Waals surface area contributed by atoms with Gasteiger partial charge in [-0.25, -0.2) is 0 Å². The topological polar surface area (TPSA) is 72.2 Å². The molecule has 1 aromatic carbocycles. The number of aromatic nitrogens is 1. The Hall–Kier alpha value is -1.95. The lowest BCUT2D eigenvalue weighted by Gasteiger charge is -2.11. The number of benzene rings is 1. The van der Waals surface area contributed by atoms with E-state index in [-0.39, 0.29) is 11.7 Å². The highest BCUT2D eigenvalue weighted by Gasteiger charge is 2.21. The predicted octanol–water partition coefficient (Wildman–Crippen LogP) is 1.94. The predicted molar refractivity (Wildman–Crippen MR) is 80.8 cm³/mol. The zero-order valence-electron chi connectivity index (χ0n) is 12.0. The molecule has 1 amide bonds. The molecule has 1 heterocycles. The normalized spacial score (nSPS) is 13.6. The van der Waals surface area contributed by atoms with Crippen LogP contribution in [-0.2, 0) is 27.9 Å². The maximum absolute atomic E-state index is 12.1. The van der Waals surface area contributed by atoms with Crippen molar-refractivity contribution in [3.63, 3.8) is 0 Å². The molecule has 0 saturated carbocycles. The summed E-state index contributed by atoms with van der Waals surface area (Å²) in [5.74, 6) is 0.664. The number of aryl methyl sites for hydroxylation is 1. The summed E-state index contributed by atoms with van der Waals surface area (Å²) in [6, 6.07) is 11.3. The fourth-order valence-corrected chi connectivity index (χ4v) is 2.80. The van der Waals surface area contributed by atoms with Crippen LogP contribution in [0.1, 0.15) is 23.9 Å². The van der Waals surface area contributed by atoms with Crippen LogP contribution in [0.4, 0.5) is 0 Å². The van der Waals surface area contributed by atoms with Crippen molar-refractivity contribution in [2.75, 3.05) is 0 Å². The fraction of sp³-hybridized carbons (Fsp3) is 0.333. The summed E-state index contributed by atoms with van der Waals surface area (Å²) in [5.41, 5.74) is 1.62. The molecule has 2 aromatic rings. The van der Waals surface area contributed by atoms with E-state index in [1.807, 2.05) is 30.3 Å². The van der Waals surface area contributed by atoms with Crippen LogP contribution in [0.2, 0.25) is 0 Å². The van der Waals surface area contributed by atoms with Gasteiger partial charge in [0.25, 0.3) is 0 Å². The second kappa shape index (κ2) is 7.17. The molecular weight excluding hydrogens is 288 g/mol. The monoisotopic (exact) mass is 306 g/mol. The molecule has 0 fully saturated rings. The van der Waals surface area contributed by atoms with Crippen LogP contribution in [-0.4, -0.2) is 20.5 Å². The first-order valence-electron chi connectivity index (χ1n) is 6.67. The van der Waals surface area contributed by atoms with Gasteiger partial charge in [0.1, 0.15) is 11.0 Å². The number of nitrogens with zero attached hydrogens (tertiary/aromatic N) is 1. The minimum Gasteiger partial charge on any atom is -0.361 e. The van der Waals surface area contributed by atoms with Gasteiger partial charge in [-0.15, -0.1) is 0 Å². The van der Waals surface area contributed by atoms with E-state index in [0.717, 1.165) is 5.56 Å². The molecule has 2 atom stereocenters. The van der Waals surface area contributed by atoms with Gasteiger partial charge in [-0.1, -0.05) is 35.5 Å². The molecule has 0 saturated heterocycles. The Morgan fingerprint density at radius 2 is 2.10 bits per heavy atom. The molecule has 0 aliphatic rings. The average molecular weight is 306 g/mol. The average Bonchev–Trinajstić information content (AvgIpc) is 2.90. The van der Waals surface area contributed by atoms with E-state index in [1.165, 1.54) is 0 Å². The molecule has 21 heavy (non-hydrogen) atoms. The third kappa shape index (κ3) is 4.53. The molecule has 5 nitrogen and oxygen atoms in total. The van der Waals surface area contributed by atoms with E-state index < -0.39 is 16.0 Å². The van der Waals surface area contributed by atoms with Gasteiger partial charge in [-0.05, 0) is 19.4 Å². The molecule has 0 aliphatic carbocycles. The highest BCUT2D eigenvalue weighted by atomic mass is 32.2. The van der Waals surface area contributed by atoms with Gasteiger partial charge in [0.2, 0.25) is 5.91 Å². The molecule has 112 valence electrons. The first-order valence-corrected chi connectivity index (χ1v) is 8.05. The molecule has 2 rings (SSSR count). The molecule has 0 aliphatic heterocycles. The van der Waals surface area contributed by atoms with Gasteiger partial charge in [-0.2, -0.15) is 0 Å². The van der Waals surface area contributed by atoms with Gasteiger partial charge in [0.15, 0.2) is 0 Å². The Balaban J connectivity index is 1.85. The van der Waals surface area contributed by atoms with Crippen molar-refractivity contribution in [1.29, 1.82) is 0 Å². The summed E-state index contributed by atoms with van der Waals surface area (Å²) in [6.45, 7) is 3.86. The van der Waals surface area contributed by atoms with Crippen molar-refractivity contribution < 1.29 is 13.5 Å². The van der Waals surface area contributed by atoms with Crippen molar-refractivity contribution >= 4 is 16.7 Å². The number of rotatable bonds is 6. The largest absolute Gasteiger partial charge is 0.361 e. The van der Waals surface area contributed by atoms with E-state index >= 15 is 0 Å². The molecular formula is C15H18N2O3S. The highest BCUT2D eigenvalue weighted by molar-refractivity contribution is 7.85. The van der Waals surface area contributed by atoms with Crippen molar-refractivity contribution in [3.05, 3.63) is 53.4 Å². The maximum atomic E-state index is 12.1. The van der Waals surface area contributed by atoms with Crippen molar-refractivity contribution in [2.45, 2.75) is 31.4 Å². The van der Waals surface area contributed by atoms with Crippen molar-refractivity contribution in [3.8, 4) is 0 Å². The van der Waals surface area contributed by atoms with Crippen LogP contribution >= 0.6 is 0 Å². The minimum absolute atomic E-state index is 0.220. The third-order valence-electron chi connectivity index (χ3n) is 3.04. The minimum atomic E-state index is -1.32. The standard InChI is InChI=1S/C15H18N2O3S/c1-11-8-14(17-20-11)10-21(19)12(2)15(18)16-9-13-6-4-3-5-7-13/h3-8,12H,9-10H2,1-2H3,(H,16,18)/t12-,21-/m0/s1. The number of amides is 1. The van der Waals surface area contributed by atoms with Gasteiger partial charge >= 0.3 is 0 Å². The summed E-state index contributed by atoms with van der Waals surface area (Å²) >= 11 is 0. The van der Waals surface area contributed by atoms with Gasteiger partial charge in [-0.3, -0.25) is 9.00 Å². The molecule has 0 spiro atoms. The van der Waals surface area contributed by atoms with Crippen LogP contribution in [0.15, 0.2) is 40.9 Å². The Bertz CT molecular complexity index is 625. The molecule has 0 bridgehead atoms. The third-order valence-corrected chi connectivity index (χ3v) is 4.62. The number of carbonyl (C=O) groups excluding carboxylic acids is 1. The SMILES string of the molecule is Cc1cc(C[S@](=O)[C@@H](C)C(=O)NCc2ccccc2)no1. The summed E-state index contributed by atoms with van der Waals surface area (Å²) in [6.07, 6.45) is 0. The van der Waals surface area contributed by atoms with Crippen LogP contribution in [0.25, 0.3) is 0 Å². The van der Waals surface area contributed by atoms with E-state index in [4.69, 9.17) is 4.52 Å². The van der Waals surface area contributed by atoms with Crippen LogP contribution < -0.4 is 5.32 Å². The van der Waals surface area contributed by atoms with E-state index in [1.54, 1.807) is 19.9 Å². The molecule has 6 heteroatoms. The number of nitrogens with one attached hydrogen (secondary N) is 1. The molecule has 1 aromatic heterocycles. The smallest absolute Gasteiger partial charge is 0.235 e. The maximum Gasteiger partial charge on any atom is 0.235 e. The van der Waals surface area contributed by atoms with Crippen LogP contribution in [0.5, 0.6) is 0 Å². The number of hydrogen-bond donors (Lipinski definition) is 1. The lowest BCUT2D eigenvalue weighted by molar-refractivity contribution is -0.120. The Kier molecular flexibility index (Phi) is 5.27. The first kappa shape index (κ1) is 15.4. The molecule has 1 N–H and O–H groups in total. The highest BCUT2D eigenvalue weighted by Crippen LogP contribution is 2.08. The second-order valence-corrected chi connectivity index (χ2v) is 6.56. The molecule has 0 radical (unpaired) electrons. The Morgan fingerprint density at radius 3 is 2.71 bits per heavy atom. The first-order chi connectivity index (χ1) is 10.1. The molecule has 0 unspecified atom stereocenters. The van der Waals surface area contributed by atoms with Gasteiger partial charge < -0.3 is 9.84 Å². The quantitative estimate of drug-likeness (QED) is 0.885. The van der Waals surface area contributed by atoms with E-state index in [2.05, 4.69) is 10.5 Å². The van der Waals surface area contributed by atoms with E-state index in [9.17, 15) is 9.00 Å². The lowest BCUT2D eigenvalue weighted by Crippen LogP contribution is -2.35.